The zero-order chi connectivity index (χ0) is 10.6. The maximum atomic E-state index is 5.68. The molecule has 1 aromatic rings. The van der Waals surface area contributed by atoms with Crippen LogP contribution in [0.1, 0.15) is 5.56 Å². The van der Waals surface area contributed by atoms with Crippen molar-refractivity contribution in [3.8, 4) is 0 Å². The van der Waals surface area contributed by atoms with Crippen LogP contribution < -0.4 is 10.6 Å². The first-order valence-corrected chi connectivity index (χ1v) is 4.71. The summed E-state index contributed by atoms with van der Waals surface area (Å²) in [6.45, 7) is 3.69. The Morgan fingerprint density at radius 2 is 2.14 bits per heavy atom. The number of benzene rings is 1. The molecule has 0 amide bonds. The number of rotatable bonds is 4. The molecule has 0 unspecified atom stereocenters. The molecule has 1 aromatic carbocycles. The largest absolute Gasteiger partial charge is 0.399 e. The van der Waals surface area contributed by atoms with Crippen LogP contribution in [0.4, 0.5) is 11.4 Å². The lowest BCUT2D eigenvalue weighted by Crippen LogP contribution is -2.22. The highest BCUT2D eigenvalue weighted by Gasteiger charge is 2.03. The van der Waals surface area contributed by atoms with Crippen LogP contribution in [-0.4, -0.2) is 27.3 Å². The Labute approximate surface area is 85.5 Å². The van der Waals surface area contributed by atoms with E-state index in [4.69, 9.17) is 10.5 Å². The van der Waals surface area contributed by atoms with Crippen molar-refractivity contribution in [2.24, 2.45) is 0 Å². The number of nitrogens with two attached hydrogens (primary N) is 1. The molecule has 0 atom stereocenters. The second-order valence-corrected chi connectivity index (χ2v) is 3.46. The summed E-state index contributed by atoms with van der Waals surface area (Å²) in [5, 5.41) is 0. The van der Waals surface area contributed by atoms with Gasteiger partial charge in [-0.05, 0) is 30.7 Å². The SMILES string of the molecule is COCCN(C)c1ccc(N)cc1C. The van der Waals surface area contributed by atoms with E-state index in [1.54, 1.807) is 7.11 Å². The first-order chi connectivity index (χ1) is 6.65. The van der Waals surface area contributed by atoms with Crippen LogP contribution in [-0.2, 0) is 4.74 Å². The quantitative estimate of drug-likeness (QED) is 0.741. The standard InChI is InChI=1S/C11H18N2O/c1-9-8-10(12)4-5-11(9)13(2)6-7-14-3/h4-5,8H,6-7,12H2,1-3H3. The van der Waals surface area contributed by atoms with Gasteiger partial charge in [-0.3, -0.25) is 0 Å². The molecular formula is C11H18N2O. The van der Waals surface area contributed by atoms with E-state index in [1.807, 2.05) is 18.2 Å². The molecule has 2 N–H and O–H groups in total. The minimum atomic E-state index is 0.736. The Morgan fingerprint density at radius 1 is 1.43 bits per heavy atom. The number of aryl methyl sites for hydroxylation is 1. The Hall–Kier alpha value is -1.22. The van der Waals surface area contributed by atoms with Gasteiger partial charge in [0.05, 0.1) is 6.61 Å². The van der Waals surface area contributed by atoms with Crippen LogP contribution in [0.3, 0.4) is 0 Å². The second-order valence-electron chi connectivity index (χ2n) is 3.46. The predicted molar refractivity (Wildman–Crippen MR) is 60.7 cm³/mol. The van der Waals surface area contributed by atoms with Crippen molar-refractivity contribution in [1.29, 1.82) is 0 Å². The maximum absolute atomic E-state index is 5.68. The topological polar surface area (TPSA) is 38.5 Å². The van der Waals surface area contributed by atoms with Gasteiger partial charge in [-0.2, -0.15) is 0 Å². The van der Waals surface area contributed by atoms with Crippen molar-refractivity contribution >= 4 is 11.4 Å². The Bertz CT molecular complexity index is 299. The van der Waals surface area contributed by atoms with Crippen molar-refractivity contribution in [2.75, 3.05) is 37.9 Å². The van der Waals surface area contributed by atoms with E-state index in [2.05, 4.69) is 18.9 Å². The molecule has 0 aliphatic carbocycles. The van der Waals surface area contributed by atoms with E-state index in [1.165, 1.54) is 11.3 Å². The predicted octanol–water partition coefficient (Wildman–Crippen LogP) is 1.66. The van der Waals surface area contributed by atoms with Crippen LogP contribution in [0.5, 0.6) is 0 Å². The Kier molecular flexibility index (Phi) is 3.77. The minimum Gasteiger partial charge on any atom is -0.399 e. The summed E-state index contributed by atoms with van der Waals surface area (Å²) in [5.41, 5.74) is 8.90. The third kappa shape index (κ3) is 2.64. The molecule has 0 aliphatic rings. The summed E-state index contributed by atoms with van der Waals surface area (Å²) < 4.78 is 5.03. The van der Waals surface area contributed by atoms with Crippen LogP contribution in [0.2, 0.25) is 0 Å². The molecule has 14 heavy (non-hydrogen) atoms. The molecule has 0 spiro atoms. The van der Waals surface area contributed by atoms with Gasteiger partial charge in [-0.1, -0.05) is 0 Å². The average molecular weight is 194 g/mol. The van der Waals surface area contributed by atoms with Gasteiger partial charge in [0.25, 0.3) is 0 Å². The fraction of sp³-hybridized carbons (Fsp3) is 0.455. The summed E-state index contributed by atoms with van der Waals surface area (Å²) in [6, 6.07) is 5.95. The average Bonchev–Trinajstić information content (AvgIpc) is 2.14. The normalized spacial score (nSPS) is 10.2. The molecule has 0 fully saturated rings. The van der Waals surface area contributed by atoms with Gasteiger partial charge in [-0.25, -0.2) is 0 Å². The van der Waals surface area contributed by atoms with Crippen molar-refractivity contribution in [3.05, 3.63) is 23.8 Å². The van der Waals surface area contributed by atoms with E-state index < -0.39 is 0 Å². The van der Waals surface area contributed by atoms with E-state index >= 15 is 0 Å². The molecular weight excluding hydrogens is 176 g/mol. The number of anilines is 2. The highest BCUT2D eigenvalue weighted by molar-refractivity contribution is 5.58. The highest BCUT2D eigenvalue weighted by atomic mass is 16.5. The smallest absolute Gasteiger partial charge is 0.0637 e. The zero-order valence-electron chi connectivity index (χ0n) is 9.08. The third-order valence-electron chi connectivity index (χ3n) is 2.26. The number of likely N-dealkylation sites (N-methyl/N-ethyl adjacent to an activating group) is 1. The zero-order valence-corrected chi connectivity index (χ0v) is 9.08. The van der Waals surface area contributed by atoms with Gasteiger partial charge in [-0.15, -0.1) is 0 Å². The molecule has 0 saturated heterocycles. The van der Waals surface area contributed by atoms with E-state index in [0.29, 0.717) is 0 Å². The van der Waals surface area contributed by atoms with Gasteiger partial charge in [0.15, 0.2) is 0 Å². The lowest BCUT2D eigenvalue weighted by molar-refractivity contribution is 0.206. The molecule has 0 bridgehead atoms. The molecule has 3 heteroatoms. The van der Waals surface area contributed by atoms with E-state index in [-0.39, 0.29) is 0 Å². The number of nitrogens with zero attached hydrogens (tertiary/aromatic N) is 1. The molecule has 0 heterocycles. The minimum absolute atomic E-state index is 0.736. The van der Waals surface area contributed by atoms with Crippen LogP contribution in [0.25, 0.3) is 0 Å². The van der Waals surface area contributed by atoms with Crippen molar-refractivity contribution in [1.82, 2.24) is 0 Å². The summed E-state index contributed by atoms with van der Waals surface area (Å²) in [5.74, 6) is 0. The van der Waals surface area contributed by atoms with Crippen molar-refractivity contribution in [2.45, 2.75) is 6.92 Å². The highest BCUT2D eigenvalue weighted by Crippen LogP contribution is 2.20. The first-order valence-electron chi connectivity index (χ1n) is 4.71. The summed E-state index contributed by atoms with van der Waals surface area (Å²) in [6.07, 6.45) is 0. The monoisotopic (exact) mass is 194 g/mol. The van der Waals surface area contributed by atoms with E-state index in [0.717, 1.165) is 18.8 Å². The summed E-state index contributed by atoms with van der Waals surface area (Å²) in [4.78, 5) is 2.16. The molecule has 78 valence electrons. The summed E-state index contributed by atoms with van der Waals surface area (Å²) >= 11 is 0. The van der Waals surface area contributed by atoms with Crippen molar-refractivity contribution < 1.29 is 4.74 Å². The number of ether oxygens (including phenoxy) is 1. The Balaban J connectivity index is 2.74. The van der Waals surface area contributed by atoms with Crippen LogP contribution in [0, 0.1) is 6.92 Å². The second kappa shape index (κ2) is 4.86. The lowest BCUT2D eigenvalue weighted by atomic mass is 10.1. The van der Waals surface area contributed by atoms with Crippen LogP contribution >= 0.6 is 0 Å². The van der Waals surface area contributed by atoms with Crippen molar-refractivity contribution in [3.63, 3.8) is 0 Å². The van der Waals surface area contributed by atoms with Gasteiger partial charge in [0.2, 0.25) is 0 Å². The van der Waals surface area contributed by atoms with Gasteiger partial charge in [0.1, 0.15) is 0 Å². The van der Waals surface area contributed by atoms with Gasteiger partial charge < -0.3 is 15.4 Å². The first kappa shape index (κ1) is 10.9. The fourth-order valence-electron chi connectivity index (χ4n) is 1.46. The lowest BCUT2D eigenvalue weighted by Gasteiger charge is -2.21. The number of hydrogen-bond acceptors (Lipinski definition) is 3. The molecule has 0 aromatic heterocycles. The number of methoxy groups -OCH3 is 1. The Morgan fingerprint density at radius 3 is 2.71 bits per heavy atom. The van der Waals surface area contributed by atoms with E-state index in [9.17, 15) is 0 Å². The van der Waals surface area contributed by atoms with Gasteiger partial charge >= 0.3 is 0 Å². The number of hydrogen-bond donors (Lipinski definition) is 1. The molecule has 0 aliphatic heterocycles. The molecule has 1 rings (SSSR count). The maximum Gasteiger partial charge on any atom is 0.0637 e. The molecule has 3 nitrogen and oxygen atoms in total. The van der Waals surface area contributed by atoms with Gasteiger partial charge in [0, 0.05) is 32.1 Å². The third-order valence-corrected chi connectivity index (χ3v) is 2.26. The fourth-order valence-corrected chi connectivity index (χ4v) is 1.46. The molecule has 0 saturated carbocycles. The molecule has 0 radical (unpaired) electrons. The van der Waals surface area contributed by atoms with Crippen LogP contribution in [0.15, 0.2) is 18.2 Å². The number of nitrogen functional groups attached to an aromatic ring is 1. The summed E-state index contributed by atoms with van der Waals surface area (Å²) in [7, 11) is 3.77.